The number of halogens is 3. The van der Waals surface area contributed by atoms with Gasteiger partial charge >= 0.3 is 6.18 Å². The van der Waals surface area contributed by atoms with Crippen molar-refractivity contribution in [3.63, 3.8) is 0 Å². The number of aromatic nitrogens is 5. The van der Waals surface area contributed by atoms with Crippen LogP contribution in [0.25, 0.3) is 10.6 Å². The van der Waals surface area contributed by atoms with Crippen LogP contribution >= 0.6 is 11.3 Å². The Morgan fingerprint density at radius 2 is 1.92 bits per heavy atom. The quantitative estimate of drug-likeness (QED) is 0.463. The van der Waals surface area contributed by atoms with Gasteiger partial charge < -0.3 is 24.8 Å². The Bertz CT molecular complexity index is 1420. The number of alkyl halides is 3. The molecule has 2 fully saturated rings. The largest absolute Gasteiger partial charge is 0.406 e. The van der Waals surface area contributed by atoms with Gasteiger partial charge in [0, 0.05) is 43.5 Å². The summed E-state index contributed by atoms with van der Waals surface area (Å²) in [5.74, 6) is 0.801. The van der Waals surface area contributed by atoms with Crippen molar-refractivity contribution < 1.29 is 27.9 Å². The van der Waals surface area contributed by atoms with Crippen molar-refractivity contribution in [2.45, 2.75) is 31.9 Å². The highest BCUT2D eigenvalue weighted by Gasteiger charge is 2.46. The van der Waals surface area contributed by atoms with Crippen LogP contribution in [0.5, 0.6) is 0 Å². The molecule has 2 aliphatic heterocycles. The maximum absolute atomic E-state index is 13.1. The molecule has 4 atom stereocenters. The van der Waals surface area contributed by atoms with Crippen LogP contribution in [0.4, 0.5) is 30.8 Å². The lowest BCUT2D eigenvalue weighted by Gasteiger charge is -2.39. The van der Waals surface area contributed by atoms with E-state index in [-0.39, 0.29) is 22.2 Å². The molecule has 0 bridgehead atoms. The monoisotopic (exact) mass is 563 g/mol. The van der Waals surface area contributed by atoms with Crippen LogP contribution in [0.2, 0.25) is 0 Å². The predicted molar refractivity (Wildman–Crippen MR) is 134 cm³/mol. The molecule has 0 spiro atoms. The number of carbonyl (C=O) groups is 2. The van der Waals surface area contributed by atoms with E-state index in [1.165, 1.54) is 42.6 Å². The van der Waals surface area contributed by atoms with Crippen LogP contribution in [-0.4, -0.2) is 85.5 Å². The van der Waals surface area contributed by atoms with E-state index in [0.717, 1.165) is 29.8 Å². The van der Waals surface area contributed by atoms with Gasteiger partial charge in [-0.15, -0.1) is 11.3 Å². The van der Waals surface area contributed by atoms with E-state index in [1.54, 1.807) is 17.8 Å². The van der Waals surface area contributed by atoms with Crippen molar-refractivity contribution in [2.75, 3.05) is 41.8 Å². The first-order valence-corrected chi connectivity index (χ1v) is 13.1. The minimum Gasteiger partial charge on any atom is -0.356 e. The van der Waals surface area contributed by atoms with Gasteiger partial charge in [0.1, 0.15) is 23.4 Å². The first kappa shape index (κ1) is 25.5. The second kappa shape index (κ2) is 9.15. The Morgan fingerprint density at radius 3 is 2.59 bits per heavy atom. The second-order valence-electron chi connectivity index (χ2n) is 9.97. The number of aliphatic hydroxyl groups is 1. The summed E-state index contributed by atoms with van der Waals surface area (Å²) < 4.78 is 40.3. The zero-order valence-electron chi connectivity index (χ0n) is 20.8. The Labute approximate surface area is 224 Å². The number of imidazole rings is 1. The fourth-order valence-electron chi connectivity index (χ4n) is 4.99. The molecule has 5 heterocycles. The van der Waals surface area contributed by atoms with E-state index in [2.05, 4.69) is 30.2 Å². The van der Waals surface area contributed by atoms with Crippen LogP contribution < -0.4 is 15.1 Å². The summed E-state index contributed by atoms with van der Waals surface area (Å²) >= 11 is 1.29. The van der Waals surface area contributed by atoms with Gasteiger partial charge in [-0.25, -0.2) is 19.9 Å². The molecule has 39 heavy (non-hydrogen) atoms. The molecular weight excluding hydrogens is 539 g/mol. The predicted octanol–water partition coefficient (Wildman–Crippen LogP) is 2.18. The molecule has 0 radical (unpaired) electrons. The Morgan fingerprint density at radius 1 is 1.23 bits per heavy atom. The first-order chi connectivity index (χ1) is 18.5. The number of nitrogens with zero attached hydrogens (tertiary/aromatic N) is 8. The highest BCUT2D eigenvalue weighted by molar-refractivity contribution is 7.13. The van der Waals surface area contributed by atoms with Crippen LogP contribution in [0.3, 0.4) is 0 Å². The maximum atomic E-state index is 13.1. The number of hydrogen-bond acceptors (Lipinski definition) is 10. The number of hydrogen-bond donors (Lipinski definition) is 2. The molecule has 3 aromatic heterocycles. The summed E-state index contributed by atoms with van der Waals surface area (Å²) in [7, 11) is 1.31. The molecule has 1 saturated carbocycles. The van der Waals surface area contributed by atoms with Crippen molar-refractivity contribution in [3.05, 3.63) is 29.8 Å². The summed E-state index contributed by atoms with van der Waals surface area (Å²) in [5.41, 5.74) is 0.462. The molecule has 3 aromatic rings. The molecule has 12 nitrogen and oxygen atoms in total. The van der Waals surface area contributed by atoms with Crippen LogP contribution in [-0.2, 0) is 4.79 Å². The van der Waals surface area contributed by atoms with E-state index in [0.29, 0.717) is 16.5 Å². The van der Waals surface area contributed by atoms with E-state index >= 15 is 0 Å². The second-order valence-corrected chi connectivity index (χ2v) is 10.8. The number of nitrogens with one attached hydrogen (secondary N) is 1. The zero-order valence-corrected chi connectivity index (χ0v) is 21.6. The van der Waals surface area contributed by atoms with Crippen LogP contribution in [0, 0.1) is 11.8 Å². The van der Waals surface area contributed by atoms with Crippen molar-refractivity contribution in [1.29, 1.82) is 0 Å². The lowest BCUT2D eigenvalue weighted by molar-refractivity contribution is -0.157. The van der Waals surface area contributed by atoms with E-state index < -0.39 is 36.9 Å². The molecule has 0 aromatic carbocycles. The molecule has 3 aliphatic rings. The maximum Gasteiger partial charge on any atom is 0.406 e. The average Bonchev–Trinajstić information content (AvgIpc) is 3.29. The summed E-state index contributed by atoms with van der Waals surface area (Å²) in [4.78, 5) is 46.9. The highest BCUT2D eigenvalue weighted by atomic mass is 32.1. The number of rotatable bonds is 6. The molecule has 1 aliphatic carbocycles. The van der Waals surface area contributed by atoms with Gasteiger partial charge in [-0.2, -0.15) is 13.2 Å². The summed E-state index contributed by atoms with van der Waals surface area (Å²) in [5, 5.41) is 15.1. The minimum absolute atomic E-state index is 0.0316. The number of anilines is 3. The van der Waals surface area contributed by atoms with E-state index in [9.17, 15) is 27.9 Å². The Kier molecular flexibility index (Phi) is 5.98. The standard InChI is InChI=1S/C23H24F3N9O3S/c1-11(35-10-29-17-16(35)20(37)34(9-23(24,25)26)22(38)32(17)2)18(36)30-15-8-39-19(31-15)14-4-27-21(28-5-14)33-6-12-3-13(12)7-33/h4-5,8,10-13,22,38H,3,6-7,9H2,1-2H3,(H,30,36)/t11-,12?,13?,22?/m0/s1. The number of piperidine rings is 1. The summed E-state index contributed by atoms with van der Waals surface area (Å²) in [6.45, 7) is 1.79. The third kappa shape index (κ3) is 4.67. The average molecular weight is 564 g/mol. The molecule has 1 saturated heterocycles. The van der Waals surface area contributed by atoms with Gasteiger partial charge in [-0.05, 0) is 25.2 Å². The summed E-state index contributed by atoms with van der Waals surface area (Å²) in [6, 6.07) is -1.03. The molecule has 2 N–H and O–H groups in total. The summed E-state index contributed by atoms with van der Waals surface area (Å²) in [6.07, 6.45) is -0.725. The molecule has 6 rings (SSSR count). The number of thiazole rings is 1. The fraction of sp³-hybridized carbons (Fsp3) is 0.478. The third-order valence-corrected chi connectivity index (χ3v) is 8.14. The molecule has 2 amide bonds. The minimum atomic E-state index is -4.73. The number of amides is 2. The highest BCUT2D eigenvalue weighted by Crippen LogP contribution is 2.45. The number of fused-ring (bicyclic) bond motifs is 2. The number of aliphatic hydroxyl groups excluding tert-OH is 1. The lowest BCUT2D eigenvalue weighted by Crippen LogP contribution is -2.57. The van der Waals surface area contributed by atoms with Gasteiger partial charge in [0.05, 0.1) is 6.33 Å². The van der Waals surface area contributed by atoms with Crippen molar-refractivity contribution >= 4 is 40.7 Å². The fourth-order valence-corrected chi connectivity index (χ4v) is 5.72. The van der Waals surface area contributed by atoms with Crippen molar-refractivity contribution in [3.8, 4) is 10.6 Å². The normalized spacial score (nSPS) is 23.1. The Hall–Kier alpha value is -3.79. The van der Waals surface area contributed by atoms with Crippen LogP contribution in [0.1, 0.15) is 29.9 Å². The van der Waals surface area contributed by atoms with Gasteiger partial charge in [0.15, 0.2) is 11.5 Å². The lowest BCUT2D eigenvalue weighted by atomic mass is 10.2. The van der Waals surface area contributed by atoms with Gasteiger partial charge in [0.25, 0.3) is 5.91 Å². The van der Waals surface area contributed by atoms with E-state index in [4.69, 9.17) is 0 Å². The van der Waals surface area contributed by atoms with Gasteiger partial charge in [-0.1, -0.05) is 0 Å². The van der Waals surface area contributed by atoms with Crippen molar-refractivity contribution in [2.24, 2.45) is 11.8 Å². The molecule has 16 heteroatoms. The number of carbonyl (C=O) groups excluding carboxylic acids is 2. The smallest absolute Gasteiger partial charge is 0.356 e. The molecule has 3 unspecified atom stereocenters. The third-order valence-electron chi connectivity index (χ3n) is 7.25. The van der Waals surface area contributed by atoms with Gasteiger partial charge in [-0.3, -0.25) is 14.5 Å². The van der Waals surface area contributed by atoms with Crippen molar-refractivity contribution in [1.82, 2.24) is 29.4 Å². The first-order valence-electron chi connectivity index (χ1n) is 12.2. The molecular formula is C23H24F3N9O3S. The molecule has 206 valence electrons. The topological polar surface area (TPSA) is 133 Å². The van der Waals surface area contributed by atoms with E-state index in [1.807, 2.05) is 0 Å². The zero-order chi connectivity index (χ0) is 27.6. The van der Waals surface area contributed by atoms with Gasteiger partial charge in [0.2, 0.25) is 18.2 Å². The van der Waals surface area contributed by atoms with Crippen LogP contribution in [0.15, 0.2) is 24.1 Å². The SMILES string of the molecule is C[C@@H](C(=O)Nc1csc(-c2cnc(N3CC4CC4C3)nc2)n1)n1cnc2c1C(=O)N(CC(F)(F)F)C(O)N2C. The Balaban J connectivity index is 1.15.